The molecule has 0 saturated carbocycles. The van der Waals surface area contributed by atoms with E-state index in [9.17, 15) is 22.8 Å². The fraction of sp³-hybridized carbons (Fsp3) is 0.167. The number of hydrogen-bond acceptors (Lipinski definition) is 2. The Morgan fingerprint density at radius 3 is 2.47 bits per heavy atom. The Hall–Kier alpha value is -2.31. The second-order valence-electron chi connectivity index (χ2n) is 3.96. The first kappa shape index (κ1) is 13.1. The molecular weight excluding hydrogens is 261 g/mol. The van der Waals surface area contributed by atoms with E-state index >= 15 is 0 Å². The van der Waals surface area contributed by atoms with E-state index in [0.29, 0.717) is 0 Å². The van der Waals surface area contributed by atoms with Crippen LogP contribution in [0.5, 0.6) is 0 Å². The molecule has 19 heavy (non-hydrogen) atoms. The third kappa shape index (κ3) is 2.44. The number of pyridine rings is 1. The second kappa shape index (κ2) is 4.42. The monoisotopic (exact) mass is 270 g/mol. The van der Waals surface area contributed by atoms with Gasteiger partial charge in [0.25, 0.3) is 5.56 Å². The smallest absolute Gasteiger partial charge is 0.368 e. The number of nitrogens with zero attached hydrogens (tertiary/aromatic N) is 1. The highest BCUT2D eigenvalue weighted by atomic mass is 19.4. The molecule has 0 saturated heterocycles. The van der Waals surface area contributed by atoms with Crippen LogP contribution in [0, 0.1) is 0 Å². The van der Waals surface area contributed by atoms with Crippen molar-refractivity contribution in [2.24, 2.45) is 5.73 Å². The lowest BCUT2D eigenvalue weighted by atomic mass is 10.1. The van der Waals surface area contributed by atoms with Crippen molar-refractivity contribution in [2.45, 2.75) is 12.7 Å². The number of nitrogens with two attached hydrogens (primary N) is 1. The molecule has 7 heteroatoms. The Morgan fingerprint density at radius 1 is 1.21 bits per heavy atom. The largest absolute Gasteiger partial charge is 0.417 e. The minimum absolute atomic E-state index is 0.0288. The molecule has 0 radical (unpaired) electrons. The molecular formula is C12H9F3N2O2. The fourth-order valence-corrected chi connectivity index (χ4v) is 1.89. The van der Waals surface area contributed by atoms with Crippen LogP contribution in [0.2, 0.25) is 0 Å². The molecule has 0 aliphatic carbocycles. The maximum atomic E-state index is 12.8. The summed E-state index contributed by atoms with van der Waals surface area (Å²) >= 11 is 0. The number of carbonyl (C=O) groups is 1. The number of primary amides is 1. The SMILES string of the molecule is NC(=O)Cn1c(=O)ccc2c(C(F)(F)F)cccc21. The summed E-state index contributed by atoms with van der Waals surface area (Å²) in [5.41, 5.74) is 3.58. The van der Waals surface area contributed by atoms with Crippen LogP contribution >= 0.6 is 0 Å². The van der Waals surface area contributed by atoms with E-state index in [-0.39, 0.29) is 10.9 Å². The average molecular weight is 270 g/mol. The van der Waals surface area contributed by atoms with Gasteiger partial charge >= 0.3 is 6.18 Å². The molecule has 100 valence electrons. The van der Waals surface area contributed by atoms with Crippen molar-refractivity contribution in [3.8, 4) is 0 Å². The first-order valence-corrected chi connectivity index (χ1v) is 5.29. The predicted octanol–water partition coefficient (Wildman–Crippen LogP) is 1.51. The van der Waals surface area contributed by atoms with E-state index in [1.807, 2.05) is 0 Å². The summed E-state index contributed by atoms with van der Waals surface area (Å²) in [5.74, 6) is -0.799. The van der Waals surface area contributed by atoms with E-state index in [4.69, 9.17) is 5.73 Å². The summed E-state index contributed by atoms with van der Waals surface area (Å²) in [6, 6.07) is 5.52. The lowest BCUT2D eigenvalue weighted by Gasteiger charge is -2.13. The summed E-state index contributed by atoms with van der Waals surface area (Å²) in [7, 11) is 0. The van der Waals surface area contributed by atoms with Crippen LogP contribution in [-0.2, 0) is 17.5 Å². The van der Waals surface area contributed by atoms with Crippen molar-refractivity contribution in [1.29, 1.82) is 0 Å². The second-order valence-corrected chi connectivity index (χ2v) is 3.96. The van der Waals surface area contributed by atoms with Crippen molar-refractivity contribution in [2.75, 3.05) is 0 Å². The number of benzene rings is 1. The van der Waals surface area contributed by atoms with Gasteiger partial charge in [-0.15, -0.1) is 0 Å². The van der Waals surface area contributed by atoms with Crippen LogP contribution in [0.4, 0.5) is 13.2 Å². The van der Waals surface area contributed by atoms with Crippen LogP contribution in [0.1, 0.15) is 5.56 Å². The highest BCUT2D eigenvalue weighted by Crippen LogP contribution is 2.34. The number of carbonyl (C=O) groups excluding carboxylic acids is 1. The molecule has 0 aliphatic rings. The van der Waals surface area contributed by atoms with Gasteiger partial charge in [-0.25, -0.2) is 0 Å². The van der Waals surface area contributed by atoms with Gasteiger partial charge < -0.3 is 5.73 Å². The van der Waals surface area contributed by atoms with Crippen LogP contribution in [0.25, 0.3) is 10.9 Å². The van der Waals surface area contributed by atoms with Crippen molar-refractivity contribution in [1.82, 2.24) is 4.57 Å². The molecule has 0 aliphatic heterocycles. The van der Waals surface area contributed by atoms with E-state index < -0.39 is 29.8 Å². The standard InChI is InChI=1S/C12H9F3N2O2/c13-12(14,15)8-2-1-3-9-7(8)4-5-11(19)17(9)6-10(16)18/h1-5H,6H2,(H2,16,18). The highest BCUT2D eigenvalue weighted by Gasteiger charge is 2.32. The number of hydrogen-bond donors (Lipinski definition) is 1. The molecule has 0 unspecified atom stereocenters. The third-order valence-corrected chi connectivity index (χ3v) is 2.65. The number of alkyl halides is 3. The summed E-state index contributed by atoms with van der Waals surface area (Å²) in [6.07, 6.45) is -4.53. The first-order chi connectivity index (χ1) is 8.80. The molecule has 2 aromatic rings. The number of halogens is 3. The molecule has 1 amide bonds. The van der Waals surface area contributed by atoms with E-state index in [1.54, 1.807) is 0 Å². The maximum Gasteiger partial charge on any atom is 0.417 e. The Bertz CT molecular complexity index is 704. The Kier molecular flexibility index (Phi) is 3.05. The molecule has 0 atom stereocenters. The van der Waals surface area contributed by atoms with Gasteiger partial charge in [0.2, 0.25) is 5.91 Å². The Balaban J connectivity index is 2.81. The molecule has 0 bridgehead atoms. The third-order valence-electron chi connectivity index (χ3n) is 2.65. The minimum atomic E-state index is -4.53. The molecule has 1 heterocycles. The fourth-order valence-electron chi connectivity index (χ4n) is 1.89. The van der Waals surface area contributed by atoms with Crippen LogP contribution in [0.3, 0.4) is 0 Å². The first-order valence-electron chi connectivity index (χ1n) is 5.29. The van der Waals surface area contributed by atoms with E-state index in [0.717, 1.165) is 22.8 Å². The molecule has 1 aromatic heterocycles. The summed E-state index contributed by atoms with van der Waals surface area (Å²) in [5, 5.41) is -0.143. The van der Waals surface area contributed by atoms with Crippen molar-refractivity contribution >= 4 is 16.8 Å². The summed E-state index contributed by atoms with van der Waals surface area (Å²) in [6.45, 7) is -0.461. The van der Waals surface area contributed by atoms with Crippen molar-refractivity contribution in [3.05, 3.63) is 46.2 Å². The van der Waals surface area contributed by atoms with Gasteiger partial charge in [-0.2, -0.15) is 13.2 Å². The van der Waals surface area contributed by atoms with Crippen LogP contribution < -0.4 is 11.3 Å². The van der Waals surface area contributed by atoms with Gasteiger partial charge in [0, 0.05) is 11.5 Å². The van der Waals surface area contributed by atoms with Gasteiger partial charge in [0.15, 0.2) is 0 Å². The summed E-state index contributed by atoms with van der Waals surface area (Å²) < 4.78 is 39.4. The van der Waals surface area contributed by atoms with Gasteiger partial charge in [-0.05, 0) is 18.2 Å². The molecule has 0 fully saturated rings. The quantitative estimate of drug-likeness (QED) is 0.898. The zero-order valence-corrected chi connectivity index (χ0v) is 9.57. The van der Waals surface area contributed by atoms with Crippen molar-refractivity contribution in [3.63, 3.8) is 0 Å². The van der Waals surface area contributed by atoms with Gasteiger partial charge in [-0.1, -0.05) is 6.07 Å². The molecule has 2 rings (SSSR count). The lowest BCUT2D eigenvalue weighted by Crippen LogP contribution is -2.28. The number of fused-ring (bicyclic) bond motifs is 1. The predicted molar refractivity (Wildman–Crippen MR) is 62.4 cm³/mol. The van der Waals surface area contributed by atoms with Crippen molar-refractivity contribution < 1.29 is 18.0 Å². The number of amides is 1. The Labute approximate surface area is 105 Å². The van der Waals surface area contributed by atoms with Crippen LogP contribution in [-0.4, -0.2) is 10.5 Å². The average Bonchev–Trinajstić information content (AvgIpc) is 2.30. The topological polar surface area (TPSA) is 65.1 Å². The number of aromatic nitrogens is 1. The number of rotatable bonds is 2. The molecule has 0 spiro atoms. The van der Waals surface area contributed by atoms with Gasteiger partial charge in [0.1, 0.15) is 6.54 Å². The maximum absolute atomic E-state index is 12.8. The zero-order valence-electron chi connectivity index (χ0n) is 9.57. The molecule has 1 aromatic carbocycles. The minimum Gasteiger partial charge on any atom is -0.368 e. The highest BCUT2D eigenvalue weighted by molar-refractivity contribution is 5.84. The normalized spacial score (nSPS) is 11.7. The van der Waals surface area contributed by atoms with E-state index in [2.05, 4.69) is 0 Å². The summed E-state index contributed by atoms with van der Waals surface area (Å²) in [4.78, 5) is 22.5. The zero-order chi connectivity index (χ0) is 14.2. The van der Waals surface area contributed by atoms with Gasteiger partial charge in [-0.3, -0.25) is 14.2 Å². The lowest BCUT2D eigenvalue weighted by molar-refractivity contribution is -0.136. The molecule has 2 N–H and O–H groups in total. The van der Waals surface area contributed by atoms with E-state index in [1.165, 1.54) is 12.1 Å². The molecule has 4 nitrogen and oxygen atoms in total. The van der Waals surface area contributed by atoms with Gasteiger partial charge in [0.05, 0.1) is 11.1 Å². The van der Waals surface area contributed by atoms with Crippen LogP contribution in [0.15, 0.2) is 35.1 Å². The Morgan fingerprint density at radius 2 is 1.89 bits per heavy atom.